The minimum Gasteiger partial charge on any atom is -0.374 e. The lowest BCUT2D eigenvalue weighted by Crippen LogP contribution is -2.28. The Morgan fingerprint density at radius 3 is 2.12 bits per heavy atom. The van der Waals surface area contributed by atoms with E-state index in [0.29, 0.717) is 6.10 Å². The van der Waals surface area contributed by atoms with E-state index in [0.717, 1.165) is 29.4 Å². The monoisotopic (exact) mass is 372 g/mol. The lowest BCUT2D eigenvalue weighted by Gasteiger charge is -2.38. The van der Waals surface area contributed by atoms with Crippen LogP contribution in [0.1, 0.15) is 69.8 Å². The van der Waals surface area contributed by atoms with Crippen molar-refractivity contribution in [2.24, 2.45) is 11.8 Å². The van der Waals surface area contributed by atoms with Crippen molar-refractivity contribution in [2.45, 2.75) is 70.3 Å². The van der Waals surface area contributed by atoms with Gasteiger partial charge in [0.15, 0.2) is 0 Å². The number of hydrogen-bond acceptors (Lipinski definition) is 1. The molecule has 3 rings (SSSR count). The molecule has 0 heterocycles. The van der Waals surface area contributed by atoms with Gasteiger partial charge in [0.1, 0.15) is 0 Å². The van der Waals surface area contributed by atoms with Crippen LogP contribution in [0.5, 0.6) is 0 Å². The topological polar surface area (TPSA) is 9.23 Å². The van der Waals surface area contributed by atoms with E-state index < -0.39 is 0 Å². The van der Waals surface area contributed by atoms with E-state index in [1.807, 2.05) is 25.1 Å². The maximum Gasteiger partial charge on any atom is 0.0654 e. The summed E-state index contributed by atoms with van der Waals surface area (Å²) in [6, 6.07) is 8.53. The van der Waals surface area contributed by atoms with Crippen molar-refractivity contribution >= 4 is 11.6 Å². The molecule has 2 heteroatoms. The third kappa shape index (κ3) is 5.72. The van der Waals surface area contributed by atoms with E-state index in [4.69, 9.17) is 16.3 Å². The molecule has 142 valence electrons. The van der Waals surface area contributed by atoms with Crippen LogP contribution in [-0.4, -0.2) is 12.7 Å². The van der Waals surface area contributed by atoms with Gasteiger partial charge in [-0.25, -0.2) is 0 Å². The molecule has 2 aliphatic carbocycles. The Balaban J connectivity index is 1.37. The van der Waals surface area contributed by atoms with Gasteiger partial charge in [0.25, 0.3) is 0 Å². The molecule has 0 atom stereocenters. The van der Waals surface area contributed by atoms with Gasteiger partial charge in [0.2, 0.25) is 0 Å². The van der Waals surface area contributed by atoms with Gasteiger partial charge >= 0.3 is 0 Å². The van der Waals surface area contributed by atoms with E-state index in [9.17, 15) is 0 Å². The van der Waals surface area contributed by atoms with Crippen LogP contribution in [0.4, 0.5) is 0 Å². The molecule has 26 heavy (non-hydrogen) atoms. The highest BCUT2D eigenvalue weighted by molar-refractivity contribution is 6.30. The maximum absolute atomic E-state index is 6.02. The van der Waals surface area contributed by atoms with Crippen LogP contribution in [0.15, 0.2) is 48.6 Å². The second-order valence-electron chi connectivity index (χ2n) is 7.99. The number of halogens is 1. The smallest absolute Gasteiger partial charge is 0.0654 e. The molecule has 1 nitrogen and oxygen atoms in total. The molecular weight excluding hydrogens is 340 g/mol. The van der Waals surface area contributed by atoms with Crippen LogP contribution >= 0.6 is 11.6 Å². The minimum absolute atomic E-state index is 0.479. The zero-order valence-corrected chi connectivity index (χ0v) is 16.8. The van der Waals surface area contributed by atoms with Crippen LogP contribution in [0.2, 0.25) is 5.02 Å². The molecule has 2 saturated carbocycles. The lowest BCUT2D eigenvalue weighted by molar-refractivity contribution is 0.0223. The molecule has 0 aliphatic heterocycles. The molecule has 0 unspecified atom stereocenters. The van der Waals surface area contributed by atoms with Crippen molar-refractivity contribution in [1.82, 2.24) is 0 Å². The Hall–Kier alpha value is -1.05. The number of ether oxygens (including phenoxy) is 1. The van der Waals surface area contributed by atoms with Crippen LogP contribution < -0.4 is 0 Å². The summed E-state index contributed by atoms with van der Waals surface area (Å²) in [5, 5.41) is 0.846. The first-order valence-electron chi connectivity index (χ1n) is 10.4. The zero-order valence-electron chi connectivity index (χ0n) is 16.1. The Labute approximate surface area is 164 Å². The fraction of sp³-hybridized carbons (Fsp3) is 0.583. The Bertz CT molecular complexity index is 573. The van der Waals surface area contributed by atoms with Gasteiger partial charge in [-0.15, -0.1) is 0 Å². The molecule has 1 aromatic rings. The molecular formula is C24H33ClO. The van der Waals surface area contributed by atoms with Crippen LogP contribution in [0.3, 0.4) is 0 Å². The highest BCUT2D eigenvalue weighted by atomic mass is 35.5. The van der Waals surface area contributed by atoms with Gasteiger partial charge in [-0.1, -0.05) is 48.0 Å². The van der Waals surface area contributed by atoms with Crippen molar-refractivity contribution in [3.8, 4) is 0 Å². The third-order valence-electron chi connectivity index (χ3n) is 6.37. The van der Waals surface area contributed by atoms with Crippen molar-refractivity contribution in [3.05, 3.63) is 59.2 Å². The second kappa shape index (κ2) is 10.3. The standard InChI is InChI=1S/C24H33ClO/c1-2-3-4-5-18-26-24-16-12-22(13-17-24)20-8-6-19(7-9-20)21-10-14-23(25)15-11-21/h2-5,10-11,14-15,19-20,22,24H,6-9,12-13,16-18H2,1H3/b3-2+,5-4+/t19?,20?,22-,24-. The van der Waals surface area contributed by atoms with Crippen molar-refractivity contribution in [2.75, 3.05) is 6.61 Å². The van der Waals surface area contributed by atoms with E-state index >= 15 is 0 Å². The van der Waals surface area contributed by atoms with Crippen LogP contribution in [0, 0.1) is 11.8 Å². The van der Waals surface area contributed by atoms with Gasteiger partial charge in [0, 0.05) is 5.02 Å². The van der Waals surface area contributed by atoms with Gasteiger partial charge < -0.3 is 4.74 Å². The van der Waals surface area contributed by atoms with E-state index in [-0.39, 0.29) is 0 Å². The predicted molar refractivity (Wildman–Crippen MR) is 112 cm³/mol. The number of hydrogen-bond donors (Lipinski definition) is 0. The van der Waals surface area contributed by atoms with Crippen LogP contribution in [0.25, 0.3) is 0 Å². The first kappa shape index (κ1) is 19.7. The molecule has 0 N–H and O–H groups in total. The second-order valence-corrected chi connectivity index (χ2v) is 8.42. The number of rotatable bonds is 6. The highest BCUT2D eigenvalue weighted by Crippen LogP contribution is 2.43. The van der Waals surface area contributed by atoms with Crippen molar-refractivity contribution in [3.63, 3.8) is 0 Å². The Morgan fingerprint density at radius 1 is 0.885 bits per heavy atom. The number of allylic oxidation sites excluding steroid dienone is 3. The summed E-state index contributed by atoms with van der Waals surface area (Å²) in [5.41, 5.74) is 1.48. The highest BCUT2D eigenvalue weighted by Gasteiger charge is 2.31. The van der Waals surface area contributed by atoms with E-state index in [1.54, 1.807) is 0 Å². The molecule has 0 aromatic heterocycles. The summed E-state index contributed by atoms with van der Waals surface area (Å²) in [7, 11) is 0. The fourth-order valence-electron chi connectivity index (χ4n) is 4.82. The summed E-state index contributed by atoms with van der Waals surface area (Å²) in [6.45, 7) is 2.79. The lowest BCUT2D eigenvalue weighted by atomic mass is 9.69. The first-order valence-corrected chi connectivity index (χ1v) is 10.8. The summed E-state index contributed by atoms with van der Waals surface area (Å²) in [6.07, 6.45) is 19.5. The molecule has 0 spiro atoms. The molecule has 0 radical (unpaired) electrons. The van der Waals surface area contributed by atoms with Gasteiger partial charge in [-0.2, -0.15) is 0 Å². The largest absolute Gasteiger partial charge is 0.374 e. The van der Waals surface area contributed by atoms with Crippen molar-refractivity contribution in [1.29, 1.82) is 0 Å². The summed E-state index contributed by atoms with van der Waals surface area (Å²) < 4.78 is 6.02. The molecule has 0 amide bonds. The molecule has 1 aromatic carbocycles. The summed E-state index contributed by atoms with van der Waals surface area (Å²) >= 11 is 6.02. The fourth-order valence-corrected chi connectivity index (χ4v) is 4.95. The molecule has 2 aliphatic rings. The number of benzene rings is 1. The summed E-state index contributed by atoms with van der Waals surface area (Å²) in [4.78, 5) is 0. The van der Waals surface area contributed by atoms with Crippen molar-refractivity contribution < 1.29 is 4.74 Å². The SMILES string of the molecule is C/C=C/C=C/CO[C@H]1CC[C@H](C2CCC(c3ccc(Cl)cc3)CC2)CC1. The quantitative estimate of drug-likeness (QED) is 0.475. The average molecular weight is 373 g/mol. The summed E-state index contributed by atoms with van der Waals surface area (Å²) in [5.74, 6) is 2.61. The van der Waals surface area contributed by atoms with Gasteiger partial charge in [-0.3, -0.25) is 0 Å². The zero-order chi connectivity index (χ0) is 18.2. The molecule has 0 bridgehead atoms. The van der Waals surface area contributed by atoms with Crippen LogP contribution in [-0.2, 0) is 4.74 Å². The van der Waals surface area contributed by atoms with Gasteiger partial charge in [0.05, 0.1) is 12.7 Å². The Morgan fingerprint density at radius 2 is 1.50 bits per heavy atom. The molecule has 0 saturated heterocycles. The maximum atomic E-state index is 6.02. The normalized spacial score (nSPS) is 30.2. The Kier molecular flexibility index (Phi) is 7.83. The van der Waals surface area contributed by atoms with E-state index in [1.165, 1.54) is 56.9 Å². The molecule has 2 fully saturated rings. The third-order valence-corrected chi connectivity index (χ3v) is 6.62. The minimum atomic E-state index is 0.479. The first-order chi connectivity index (χ1) is 12.8. The predicted octanol–water partition coefficient (Wildman–Crippen LogP) is 7.32. The average Bonchev–Trinajstić information content (AvgIpc) is 2.69. The van der Waals surface area contributed by atoms with Gasteiger partial charge in [-0.05, 0) is 93.7 Å². The van der Waals surface area contributed by atoms with E-state index in [2.05, 4.69) is 30.4 Å².